The fourth-order valence-electron chi connectivity index (χ4n) is 2.14. The Bertz CT molecular complexity index is 907. The molecule has 0 spiro atoms. The van der Waals surface area contributed by atoms with Crippen LogP contribution in [0.5, 0.6) is 0 Å². The van der Waals surface area contributed by atoms with Crippen LogP contribution in [0.25, 0.3) is 5.69 Å². The maximum Gasteiger partial charge on any atom is 0.338 e. The Morgan fingerprint density at radius 2 is 1.72 bits per heavy atom. The first-order chi connectivity index (χ1) is 12.0. The van der Waals surface area contributed by atoms with E-state index in [-0.39, 0.29) is 17.4 Å². The smallest absolute Gasteiger partial charge is 0.338 e. The number of halogens is 2. The van der Waals surface area contributed by atoms with Gasteiger partial charge in [-0.3, -0.25) is 4.79 Å². The van der Waals surface area contributed by atoms with Gasteiger partial charge < -0.3 is 4.74 Å². The predicted octanol–water partition coefficient (Wildman–Crippen LogP) is 4.22. The summed E-state index contributed by atoms with van der Waals surface area (Å²) in [5.41, 5.74) is 1.49. The highest BCUT2D eigenvalue weighted by molar-refractivity contribution is 6.42. The van der Waals surface area contributed by atoms with Crippen molar-refractivity contribution in [2.75, 3.05) is 6.61 Å². The minimum Gasteiger partial charge on any atom is -0.454 e. The van der Waals surface area contributed by atoms with Gasteiger partial charge in [-0.1, -0.05) is 23.2 Å². The summed E-state index contributed by atoms with van der Waals surface area (Å²) >= 11 is 11.7. The summed E-state index contributed by atoms with van der Waals surface area (Å²) in [7, 11) is 0. The minimum absolute atomic E-state index is 0.271. The summed E-state index contributed by atoms with van der Waals surface area (Å²) in [6.45, 7) is -0.377. The Hall–Kier alpha value is -2.63. The van der Waals surface area contributed by atoms with Gasteiger partial charge >= 0.3 is 5.97 Å². The topological polar surface area (TPSA) is 61.2 Å². The van der Waals surface area contributed by atoms with E-state index in [4.69, 9.17) is 27.9 Å². The van der Waals surface area contributed by atoms with Crippen LogP contribution in [0.2, 0.25) is 10.0 Å². The molecule has 0 amide bonds. The minimum atomic E-state index is -0.583. The molecule has 3 rings (SSSR count). The second kappa shape index (κ2) is 7.51. The molecular weight excluding hydrogens is 363 g/mol. The first-order valence-corrected chi connectivity index (χ1v) is 8.05. The molecule has 126 valence electrons. The van der Waals surface area contributed by atoms with Crippen LogP contribution in [-0.4, -0.2) is 28.1 Å². The number of hydrogen-bond acceptors (Lipinski definition) is 4. The normalized spacial score (nSPS) is 10.5. The SMILES string of the molecule is O=C(COC(=O)c1ccc(-n2cccn2)cc1)c1ccc(Cl)c(Cl)c1. The number of rotatable bonds is 5. The van der Waals surface area contributed by atoms with Crippen molar-refractivity contribution in [3.05, 3.63) is 82.1 Å². The third kappa shape index (κ3) is 4.07. The standard InChI is InChI=1S/C18H12Cl2N2O3/c19-15-7-4-13(10-16(15)20)17(23)11-25-18(24)12-2-5-14(6-3-12)22-9-1-8-21-22/h1-10H,11H2. The third-order valence-electron chi connectivity index (χ3n) is 3.45. The first-order valence-electron chi connectivity index (χ1n) is 7.30. The van der Waals surface area contributed by atoms with E-state index in [1.807, 2.05) is 0 Å². The second-order valence-electron chi connectivity index (χ2n) is 5.13. The average molecular weight is 375 g/mol. The van der Waals surface area contributed by atoms with Gasteiger partial charge in [0.25, 0.3) is 0 Å². The number of carbonyl (C=O) groups excluding carboxylic acids is 2. The third-order valence-corrected chi connectivity index (χ3v) is 4.19. The number of nitrogens with zero attached hydrogens (tertiary/aromatic N) is 2. The molecule has 0 aliphatic carbocycles. The molecular formula is C18H12Cl2N2O3. The van der Waals surface area contributed by atoms with Crippen molar-refractivity contribution in [1.29, 1.82) is 0 Å². The van der Waals surface area contributed by atoms with E-state index >= 15 is 0 Å². The maximum atomic E-state index is 12.1. The zero-order chi connectivity index (χ0) is 17.8. The monoisotopic (exact) mass is 374 g/mol. The van der Waals surface area contributed by atoms with Crippen LogP contribution in [0.1, 0.15) is 20.7 Å². The lowest BCUT2D eigenvalue weighted by Gasteiger charge is -2.06. The molecule has 1 heterocycles. The van der Waals surface area contributed by atoms with Gasteiger partial charge in [0.1, 0.15) is 0 Å². The molecule has 0 N–H and O–H groups in total. The van der Waals surface area contributed by atoms with E-state index in [1.54, 1.807) is 47.4 Å². The highest BCUT2D eigenvalue weighted by atomic mass is 35.5. The van der Waals surface area contributed by atoms with Crippen LogP contribution >= 0.6 is 23.2 Å². The highest BCUT2D eigenvalue weighted by Crippen LogP contribution is 2.22. The fourth-order valence-corrected chi connectivity index (χ4v) is 2.44. The zero-order valence-corrected chi connectivity index (χ0v) is 14.4. The van der Waals surface area contributed by atoms with Gasteiger partial charge in [-0.2, -0.15) is 5.10 Å². The molecule has 0 fully saturated rings. The van der Waals surface area contributed by atoms with E-state index in [0.29, 0.717) is 16.1 Å². The van der Waals surface area contributed by atoms with E-state index in [2.05, 4.69) is 5.10 Å². The Morgan fingerprint density at radius 3 is 2.36 bits per heavy atom. The molecule has 0 saturated carbocycles. The summed E-state index contributed by atoms with van der Waals surface area (Å²) in [6, 6.07) is 13.0. The molecule has 1 aromatic heterocycles. The number of esters is 1. The van der Waals surface area contributed by atoms with Gasteiger partial charge in [-0.25, -0.2) is 9.48 Å². The van der Waals surface area contributed by atoms with Crippen molar-refractivity contribution < 1.29 is 14.3 Å². The van der Waals surface area contributed by atoms with Crippen molar-refractivity contribution in [2.45, 2.75) is 0 Å². The number of ether oxygens (including phenoxy) is 1. The van der Waals surface area contributed by atoms with Crippen LogP contribution in [-0.2, 0) is 4.74 Å². The van der Waals surface area contributed by atoms with Crippen LogP contribution in [0, 0.1) is 0 Å². The molecule has 0 bridgehead atoms. The Kier molecular flexibility index (Phi) is 5.16. The Morgan fingerprint density at radius 1 is 1.00 bits per heavy atom. The molecule has 0 saturated heterocycles. The van der Waals surface area contributed by atoms with Crippen LogP contribution in [0.15, 0.2) is 60.9 Å². The Labute approximate surface area is 153 Å². The van der Waals surface area contributed by atoms with Gasteiger partial charge in [0.15, 0.2) is 12.4 Å². The van der Waals surface area contributed by atoms with Crippen LogP contribution in [0.4, 0.5) is 0 Å². The fraction of sp³-hybridized carbons (Fsp3) is 0.0556. The summed E-state index contributed by atoms with van der Waals surface area (Å²) in [5.74, 6) is -0.944. The molecule has 0 radical (unpaired) electrons. The molecule has 2 aromatic carbocycles. The molecule has 3 aromatic rings. The van der Waals surface area contributed by atoms with Crippen molar-refractivity contribution in [2.24, 2.45) is 0 Å². The molecule has 25 heavy (non-hydrogen) atoms. The van der Waals surface area contributed by atoms with Crippen molar-refractivity contribution >= 4 is 35.0 Å². The van der Waals surface area contributed by atoms with E-state index in [0.717, 1.165) is 5.69 Å². The highest BCUT2D eigenvalue weighted by Gasteiger charge is 2.13. The van der Waals surface area contributed by atoms with Crippen LogP contribution < -0.4 is 0 Å². The van der Waals surface area contributed by atoms with Gasteiger partial charge in [-0.15, -0.1) is 0 Å². The van der Waals surface area contributed by atoms with Crippen molar-refractivity contribution in [3.63, 3.8) is 0 Å². The first kappa shape index (κ1) is 17.2. The average Bonchev–Trinajstić information content (AvgIpc) is 3.16. The second-order valence-corrected chi connectivity index (χ2v) is 5.94. The molecule has 5 nitrogen and oxygen atoms in total. The van der Waals surface area contributed by atoms with Crippen molar-refractivity contribution in [3.8, 4) is 5.69 Å². The zero-order valence-electron chi connectivity index (χ0n) is 12.9. The van der Waals surface area contributed by atoms with Crippen molar-refractivity contribution in [1.82, 2.24) is 9.78 Å². The lowest BCUT2D eigenvalue weighted by molar-refractivity contribution is 0.0475. The van der Waals surface area contributed by atoms with Gasteiger partial charge in [-0.05, 0) is 48.5 Å². The summed E-state index contributed by atoms with van der Waals surface area (Å²) in [5, 5.41) is 4.73. The lowest BCUT2D eigenvalue weighted by Crippen LogP contribution is -2.14. The number of ketones is 1. The van der Waals surface area contributed by atoms with Gasteiger partial charge in [0.2, 0.25) is 0 Å². The van der Waals surface area contributed by atoms with Gasteiger partial charge in [0.05, 0.1) is 21.3 Å². The quantitative estimate of drug-likeness (QED) is 0.495. The molecule has 7 heteroatoms. The Balaban J connectivity index is 1.62. The van der Waals surface area contributed by atoms with Crippen LogP contribution in [0.3, 0.4) is 0 Å². The number of hydrogen-bond donors (Lipinski definition) is 0. The lowest BCUT2D eigenvalue weighted by atomic mass is 10.1. The summed E-state index contributed by atoms with van der Waals surface area (Å²) < 4.78 is 6.73. The predicted molar refractivity (Wildman–Crippen MR) is 94.6 cm³/mol. The largest absolute Gasteiger partial charge is 0.454 e. The number of carbonyl (C=O) groups is 2. The number of Topliss-reactive ketones (excluding diaryl/α,β-unsaturated/α-hetero) is 1. The summed E-state index contributed by atoms with van der Waals surface area (Å²) in [4.78, 5) is 24.1. The number of benzene rings is 2. The van der Waals surface area contributed by atoms with E-state index in [9.17, 15) is 9.59 Å². The molecule has 0 aliphatic rings. The van der Waals surface area contributed by atoms with Gasteiger partial charge in [0, 0.05) is 18.0 Å². The number of aromatic nitrogens is 2. The maximum absolute atomic E-state index is 12.1. The van der Waals surface area contributed by atoms with E-state index in [1.165, 1.54) is 18.2 Å². The molecule has 0 unspecified atom stereocenters. The summed E-state index contributed by atoms with van der Waals surface area (Å²) in [6.07, 6.45) is 3.46. The molecule has 0 aliphatic heterocycles. The molecule has 0 atom stereocenters. The van der Waals surface area contributed by atoms with E-state index < -0.39 is 5.97 Å².